The molecular weight excluding hydrogens is 264 g/mol. The third-order valence-electron chi connectivity index (χ3n) is 2.57. The fourth-order valence-corrected chi connectivity index (χ4v) is 2.50. The normalized spacial score (nSPS) is 11.1. The number of rotatable bonds is 7. The number of carbonyl (C=O) groups is 1. The van der Waals surface area contributed by atoms with Crippen LogP contribution in [-0.2, 0) is 11.3 Å². The number of nitrogens with zero attached hydrogens (tertiary/aromatic N) is 2. The summed E-state index contributed by atoms with van der Waals surface area (Å²) in [5, 5.41) is 10.8. The van der Waals surface area contributed by atoms with Gasteiger partial charge >= 0.3 is 5.97 Å². The van der Waals surface area contributed by atoms with E-state index in [9.17, 15) is 4.79 Å². The van der Waals surface area contributed by atoms with E-state index in [0.29, 0.717) is 12.4 Å². The molecule has 0 fully saturated rings. The van der Waals surface area contributed by atoms with Crippen LogP contribution in [0.15, 0.2) is 28.2 Å². The van der Waals surface area contributed by atoms with Crippen molar-refractivity contribution in [1.29, 1.82) is 0 Å². The molecule has 1 N–H and O–H groups in total. The van der Waals surface area contributed by atoms with Crippen LogP contribution < -0.4 is 0 Å². The minimum Gasteiger partial charge on any atom is -0.480 e. The lowest BCUT2D eigenvalue weighted by atomic mass is 10.3. The average molecular weight is 280 g/mol. The predicted molar refractivity (Wildman–Crippen MR) is 73.0 cm³/mol. The van der Waals surface area contributed by atoms with Gasteiger partial charge in [-0.3, -0.25) is 9.69 Å². The molecule has 2 rings (SSSR count). The van der Waals surface area contributed by atoms with Crippen LogP contribution in [0.3, 0.4) is 0 Å². The Labute approximate surface area is 115 Å². The molecule has 0 aliphatic heterocycles. The fraction of sp³-hybridized carbons (Fsp3) is 0.385. The standard InChI is InChI=1S/C13H16N2O3S/c1-2-5-15(8-12(16)17)7-10-9-18-13(14-10)11-4-3-6-19-11/h3-4,6,9H,2,5,7-8H2,1H3,(H,16,17). The summed E-state index contributed by atoms with van der Waals surface area (Å²) < 4.78 is 5.42. The molecule has 0 amide bonds. The lowest BCUT2D eigenvalue weighted by Crippen LogP contribution is -2.30. The van der Waals surface area contributed by atoms with Crippen LogP contribution in [0, 0.1) is 0 Å². The van der Waals surface area contributed by atoms with Crippen molar-refractivity contribution in [3.05, 3.63) is 29.5 Å². The third kappa shape index (κ3) is 3.90. The van der Waals surface area contributed by atoms with E-state index in [4.69, 9.17) is 9.52 Å². The highest BCUT2D eigenvalue weighted by Gasteiger charge is 2.13. The summed E-state index contributed by atoms with van der Waals surface area (Å²) in [6.45, 7) is 3.27. The van der Waals surface area contributed by atoms with E-state index in [0.717, 1.165) is 23.5 Å². The zero-order valence-electron chi connectivity index (χ0n) is 10.7. The Morgan fingerprint density at radius 3 is 3.05 bits per heavy atom. The number of aliphatic carboxylic acids is 1. The van der Waals surface area contributed by atoms with Crippen LogP contribution in [0.25, 0.3) is 10.8 Å². The quantitative estimate of drug-likeness (QED) is 0.844. The van der Waals surface area contributed by atoms with E-state index in [1.54, 1.807) is 17.6 Å². The maximum atomic E-state index is 10.8. The molecule has 0 aliphatic carbocycles. The van der Waals surface area contributed by atoms with Crippen molar-refractivity contribution in [3.63, 3.8) is 0 Å². The molecule has 0 aliphatic rings. The average Bonchev–Trinajstić information content (AvgIpc) is 2.97. The van der Waals surface area contributed by atoms with Gasteiger partial charge in [-0.05, 0) is 24.4 Å². The van der Waals surface area contributed by atoms with Gasteiger partial charge in [-0.25, -0.2) is 4.98 Å². The number of carboxylic acids is 1. The molecule has 5 nitrogen and oxygen atoms in total. The highest BCUT2D eigenvalue weighted by Crippen LogP contribution is 2.23. The van der Waals surface area contributed by atoms with Crippen molar-refractivity contribution in [2.75, 3.05) is 13.1 Å². The summed E-state index contributed by atoms with van der Waals surface area (Å²) in [7, 11) is 0. The van der Waals surface area contributed by atoms with Gasteiger partial charge in [0.15, 0.2) is 0 Å². The van der Waals surface area contributed by atoms with Crippen LogP contribution in [-0.4, -0.2) is 34.0 Å². The van der Waals surface area contributed by atoms with Gasteiger partial charge in [0.2, 0.25) is 5.89 Å². The summed E-state index contributed by atoms with van der Waals surface area (Å²) in [4.78, 5) is 18.0. The Morgan fingerprint density at radius 1 is 1.58 bits per heavy atom. The Kier molecular flexibility index (Phi) is 4.70. The fourth-order valence-electron chi connectivity index (χ4n) is 1.84. The molecule has 0 radical (unpaired) electrons. The molecule has 102 valence electrons. The van der Waals surface area contributed by atoms with Crippen LogP contribution in [0.4, 0.5) is 0 Å². The molecule has 0 saturated heterocycles. The van der Waals surface area contributed by atoms with E-state index in [1.165, 1.54) is 0 Å². The van der Waals surface area contributed by atoms with Gasteiger partial charge < -0.3 is 9.52 Å². The minimum atomic E-state index is -0.824. The first-order valence-corrected chi connectivity index (χ1v) is 6.99. The molecule has 0 saturated carbocycles. The maximum absolute atomic E-state index is 10.8. The van der Waals surface area contributed by atoms with Gasteiger partial charge in [-0.2, -0.15) is 0 Å². The van der Waals surface area contributed by atoms with Gasteiger partial charge in [0.25, 0.3) is 0 Å². The summed E-state index contributed by atoms with van der Waals surface area (Å²) in [5.74, 6) is -0.229. The molecule has 0 unspecified atom stereocenters. The molecular formula is C13H16N2O3S. The Hall–Kier alpha value is -1.66. The Bertz CT molecular complexity index is 522. The van der Waals surface area contributed by atoms with Crippen LogP contribution in [0.2, 0.25) is 0 Å². The zero-order chi connectivity index (χ0) is 13.7. The van der Waals surface area contributed by atoms with Gasteiger partial charge in [0.1, 0.15) is 6.26 Å². The number of thiophene rings is 1. The first-order chi connectivity index (χ1) is 9.19. The highest BCUT2D eigenvalue weighted by atomic mass is 32.1. The van der Waals surface area contributed by atoms with Crippen LogP contribution >= 0.6 is 11.3 Å². The van der Waals surface area contributed by atoms with Crippen LogP contribution in [0.1, 0.15) is 19.0 Å². The maximum Gasteiger partial charge on any atom is 0.317 e. The number of oxazole rings is 1. The summed E-state index contributed by atoms with van der Waals surface area (Å²) >= 11 is 1.57. The highest BCUT2D eigenvalue weighted by molar-refractivity contribution is 7.13. The van der Waals surface area contributed by atoms with E-state index < -0.39 is 5.97 Å². The largest absolute Gasteiger partial charge is 0.480 e. The first-order valence-electron chi connectivity index (χ1n) is 6.11. The van der Waals surface area contributed by atoms with Crippen molar-refractivity contribution in [3.8, 4) is 10.8 Å². The molecule has 6 heteroatoms. The summed E-state index contributed by atoms with van der Waals surface area (Å²) in [5.41, 5.74) is 0.762. The lowest BCUT2D eigenvalue weighted by Gasteiger charge is -2.17. The van der Waals surface area contributed by atoms with Crippen molar-refractivity contribution < 1.29 is 14.3 Å². The third-order valence-corrected chi connectivity index (χ3v) is 3.43. The van der Waals surface area contributed by atoms with Crippen LogP contribution in [0.5, 0.6) is 0 Å². The second-order valence-corrected chi connectivity index (χ2v) is 5.17. The zero-order valence-corrected chi connectivity index (χ0v) is 11.5. The van der Waals surface area contributed by atoms with E-state index in [1.807, 2.05) is 29.3 Å². The summed E-state index contributed by atoms with van der Waals surface area (Å²) in [6.07, 6.45) is 2.50. The number of carboxylic acid groups (broad SMARTS) is 1. The molecule has 0 spiro atoms. The molecule has 0 aromatic carbocycles. The van der Waals surface area contributed by atoms with Crippen molar-refractivity contribution in [1.82, 2.24) is 9.88 Å². The van der Waals surface area contributed by atoms with Crippen molar-refractivity contribution in [2.45, 2.75) is 19.9 Å². The van der Waals surface area contributed by atoms with Gasteiger partial charge in [0.05, 0.1) is 17.1 Å². The molecule has 2 heterocycles. The van der Waals surface area contributed by atoms with Crippen molar-refractivity contribution >= 4 is 17.3 Å². The Morgan fingerprint density at radius 2 is 2.42 bits per heavy atom. The van der Waals surface area contributed by atoms with E-state index in [-0.39, 0.29) is 6.54 Å². The SMILES string of the molecule is CCCN(CC(=O)O)Cc1coc(-c2cccs2)n1. The first kappa shape index (κ1) is 13.8. The molecule has 19 heavy (non-hydrogen) atoms. The van der Waals surface area contributed by atoms with Gasteiger partial charge in [-0.15, -0.1) is 11.3 Å². The van der Waals surface area contributed by atoms with E-state index in [2.05, 4.69) is 4.98 Å². The smallest absolute Gasteiger partial charge is 0.317 e. The lowest BCUT2D eigenvalue weighted by molar-refractivity contribution is -0.138. The van der Waals surface area contributed by atoms with E-state index >= 15 is 0 Å². The summed E-state index contributed by atoms with van der Waals surface area (Å²) in [6, 6.07) is 3.89. The molecule has 0 bridgehead atoms. The number of hydrogen-bond donors (Lipinski definition) is 1. The predicted octanol–water partition coefficient (Wildman–Crippen LogP) is 2.70. The Balaban J connectivity index is 2.03. The topological polar surface area (TPSA) is 66.6 Å². The van der Waals surface area contributed by atoms with Crippen molar-refractivity contribution in [2.24, 2.45) is 0 Å². The van der Waals surface area contributed by atoms with Gasteiger partial charge in [-0.1, -0.05) is 13.0 Å². The molecule has 2 aromatic rings. The second kappa shape index (κ2) is 6.49. The monoisotopic (exact) mass is 280 g/mol. The number of aromatic nitrogens is 1. The second-order valence-electron chi connectivity index (χ2n) is 4.23. The molecule has 2 aromatic heterocycles. The number of hydrogen-bond acceptors (Lipinski definition) is 5. The minimum absolute atomic E-state index is 0.0229. The van der Waals surface area contributed by atoms with Gasteiger partial charge in [0, 0.05) is 6.54 Å². The molecule has 0 atom stereocenters.